The predicted molar refractivity (Wildman–Crippen MR) is 123 cm³/mol. The highest BCUT2D eigenvalue weighted by Gasteiger charge is 2.50. The van der Waals surface area contributed by atoms with Crippen LogP contribution in [0.4, 0.5) is 0 Å². The zero-order valence-corrected chi connectivity index (χ0v) is 18.5. The summed E-state index contributed by atoms with van der Waals surface area (Å²) in [7, 11) is 0. The fourth-order valence-electron chi connectivity index (χ4n) is 6.07. The van der Waals surface area contributed by atoms with E-state index in [1.807, 2.05) is 0 Å². The molecule has 3 aliphatic rings. The summed E-state index contributed by atoms with van der Waals surface area (Å²) in [6, 6.07) is 0. The third kappa shape index (κ3) is 4.56. The highest BCUT2D eigenvalue weighted by Crippen LogP contribution is 2.59. The molecule has 152 valence electrons. The standard InChI is InChI=1S/C28H40/c1-6-23(14-9-11-21(2)3)26-18-19-27-25(15-10-20-28(26,27)5)17-16-24-13-8-7-12-22(24)4/h1,9,14,16-17,21,23,26-27H,4,7-8,10-13,15,18-20H2,2-3,5H3/b14-9+,24-16-,25-17+/t23-,26?,27?,28?/m1/s1. The molecule has 0 heteroatoms. The van der Waals surface area contributed by atoms with Crippen molar-refractivity contribution < 1.29 is 0 Å². The van der Waals surface area contributed by atoms with Gasteiger partial charge in [0.05, 0.1) is 0 Å². The average molecular weight is 377 g/mol. The third-order valence-electron chi connectivity index (χ3n) is 7.74. The number of terminal acetylenes is 1. The van der Waals surface area contributed by atoms with Gasteiger partial charge in [-0.15, -0.1) is 6.42 Å². The van der Waals surface area contributed by atoms with Crippen LogP contribution in [-0.4, -0.2) is 0 Å². The van der Waals surface area contributed by atoms with Crippen LogP contribution in [0.1, 0.15) is 85.0 Å². The molecule has 4 atom stereocenters. The monoisotopic (exact) mass is 376 g/mol. The Morgan fingerprint density at radius 3 is 2.64 bits per heavy atom. The van der Waals surface area contributed by atoms with Gasteiger partial charge in [0, 0.05) is 5.92 Å². The molecule has 0 aliphatic heterocycles. The van der Waals surface area contributed by atoms with Gasteiger partial charge in [-0.2, -0.15) is 0 Å². The first-order chi connectivity index (χ1) is 13.5. The van der Waals surface area contributed by atoms with E-state index in [-0.39, 0.29) is 0 Å². The molecular weight excluding hydrogens is 336 g/mol. The summed E-state index contributed by atoms with van der Waals surface area (Å²) in [6.45, 7) is 11.4. The van der Waals surface area contributed by atoms with Gasteiger partial charge in [-0.3, -0.25) is 0 Å². The largest absolute Gasteiger partial charge is 0.119 e. The van der Waals surface area contributed by atoms with E-state index >= 15 is 0 Å². The Bertz CT molecular complexity index is 692. The molecular formula is C28H40. The summed E-state index contributed by atoms with van der Waals surface area (Å²) in [6.07, 6.45) is 28.3. The van der Waals surface area contributed by atoms with E-state index in [2.05, 4.69) is 57.6 Å². The van der Waals surface area contributed by atoms with Crippen LogP contribution >= 0.6 is 0 Å². The molecule has 28 heavy (non-hydrogen) atoms. The second-order valence-electron chi connectivity index (χ2n) is 10.1. The van der Waals surface area contributed by atoms with Crippen LogP contribution in [0.2, 0.25) is 0 Å². The third-order valence-corrected chi connectivity index (χ3v) is 7.74. The van der Waals surface area contributed by atoms with Gasteiger partial charge in [-0.05, 0) is 93.0 Å². The van der Waals surface area contributed by atoms with Gasteiger partial charge in [-0.1, -0.05) is 68.7 Å². The van der Waals surface area contributed by atoms with Crippen molar-refractivity contribution in [3.05, 3.63) is 47.6 Å². The fourth-order valence-corrected chi connectivity index (χ4v) is 6.07. The lowest BCUT2D eigenvalue weighted by Gasteiger charge is -2.43. The minimum atomic E-state index is 0.296. The summed E-state index contributed by atoms with van der Waals surface area (Å²) in [5.74, 6) is 5.50. The van der Waals surface area contributed by atoms with E-state index in [1.165, 1.54) is 68.9 Å². The maximum absolute atomic E-state index is 6.02. The molecule has 0 nitrogen and oxygen atoms in total. The van der Waals surface area contributed by atoms with E-state index in [9.17, 15) is 0 Å². The lowest BCUT2D eigenvalue weighted by molar-refractivity contribution is 0.121. The highest BCUT2D eigenvalue weighted by atomic mass is 14.5. The first-order valence-electron chi connectivity index (χ1n) is 11.7. The lowest BCUT2D eigenvalue weighted by Crippen LogP contribution is -2.35. The maximum atomic E-state index is 6.02. The topological polar surface area (TPSA) is 0 Å². The predicted octanol–water partition coefficient (Wildman–Crippen LogP) is 8.04. The SMILES string of the molecule is C#C[C@H](/C=C/CC(C)C)C1CCC2/C(=C/C=C3/CCCCC3=C)CCCC21C. The smallest absolute Gasteiger partial charge is 0.0413 e. The number of rotatable bonds is 5. The van der Waals surface area contributed by atoms with Crippen molar-refractivity contribution in [3.63, 3.8) is 0 Å². The fraction of sp³-hybridized carbons (Fsp3) is 0.643. The van der Waals surface area contributed by atoms with Crippen molar-refractivity contribution in [1.82, 2.24) is 0 Å². The quantitative estimate of drug-likeness (QED) is 0.336. The van der Waals surface area contributed by atoms with E-state index in [4.69, 9.17) is 6.42 Å². The van der Waals surface area contributed by atoms with E-state index in [0.717, 1.165) is 6.42 Å². The summed E-state index contributed by atoms with van der Waals surface area (Å²) < 4.78 is 0. The molecule has 3 saturated carbocycles. The Balaban J connectivity index is 1.77. The first kappa shape index (κ1) is 21.2. The van der Waals surface area contributed by atoms with Gasteiger partial charge >= 0.3 is 0 Å². The van der Waals surface area contributed by atoms with Gasteiger partial charge in [0.25, 0.3) is 0 Å². The number of hydrogen-bond acceptors (Lipinski definition) is 0. The van der Waals surface area contributed by atoms with Crippen molar-refractivity contribution >= 4 is 0 Å². The molecule has 0 radical (unpaired) electrons. The molecule has 0 aromatic rings. The molecule has 0 heterocycles. The molecule has 0 amide bonds. The maximum Gasteiger partial charge on any atom is 0.0413 e. The van der Waals surface area contributed by atoms with E-state index in [0.29, 0.717) is 29.1 Å². The summed E-state index contributed by atoms with van der Waals surface area (Å²) in [5.41, 5.74) is 4.92. The van der Waals surface area contributed by atoms with Crippen LogP contribution < -0.4 is 0 Å². The van der Waals surface area contributed by atoms with Crippen molar-refractivity contribution in [2.45, 2.75) is 85.0 Å². The minimum absolute atomic E-state index is 0.296. The van der Waals surface area contributed by atoms with Gasteiger partial charge < -0.3 is 0 Å². The van der Waals surface area contributed by atoms with Crippen molar-refractivity contribution in [2.24, 2.45) is 29.1 Å². The second-order valence-corrected chi connectivity index (χ2v) is 10.1. The van der Waals surface area contributed by atoms with Crippen LogP contribution in [0.15, 0.2) is 47.6 Å². The Hall–Kier alpha value is -1.48. The van der Waals surface area contributed by atoms with Gasteiger partial charge in [0.2, 0.25) is 0 Å². The van der Waals surface area contributed by atoms with E-state index < -0.39 is 0 Å². The molecule has 3 aliphatic carbocycles. The Kier molecular flexibility index (Phi) is 7.09. The molecule has 3 fully saturated rings. The zero-order valence-electron chi connectivity index (χ0n) is 18.5. The first-order valence-corrected chi connectivity index (χ1v) is 11.7. The van der Waals surface area contributed by atoms with Crippen LogP contribution in [-0.2, 0) is 0 Å². The lowest BCUT2D eigenvalue weighted by atomic mass is 9.61. The van der Waals surface area contributed by atoms with Crippen LogP contribution in [0.3, 0.4) is 0 Å². The summed E-state index contributed by atoms with van der Waals surface area (Å²) in [5, 5.41) is 0. The second kappa shape index (κ2) is 9.35. The van der Waals surface area contributed by atoms with Crippen LogP contribution in [0, 0.1) is 41.4 Å². The van der Waals surface area contributed by atoms with Crippen LogP contribution in [0.5, 0.6) is 0 Å². The highest BCUT2D eigenvalue weighted by molar-refractivity contribution is 5.35. The van der Waals surface area contributed by atoms with Crippen LogP contribution in [0.25, 0.3) is 0 Å². The molecule has 0 aromatic carbocycles. The van der Waals surface area contributed by atoms with Crippen molar-refractivity contribution in [3.8, 4) is 12.3 Å². The minimum Gasteiger partial charge on any atom is -0.119 e. The normalized spacial score (nSPS) is 34.9. The van der Waals surface area contributed by atoms with E-state index in [1.54, 1.807) is 5.57 Å². The molecule has 3 unspecified atom stereocenters. The molecule has 0 N–H and O–H groups in total. The Labute approximate surface area is 174 Å². The van der Waals surface area contributed by atoms with Crippen molar-refractivity contribution in [2.75, 3.05) is 0 Å². The molecule has 0 spiro atoms. The van der Waals surface area contributed by atoms with Gasteiger partial charge in [0.1, 0.15) is 0 Å². The van der Waals surface area contributed by atoms with Gasteiger partial charge in [0.15, 0.2) is 0 Å². The molecule has 0 aromatic heterocycles. The number of fused-ring (bicyclic) bond motifs is 1. The molecule has 0 saturated heterocycles. The molecule has 3 rings (SSSR count). The summed E-state index contributed by atoms with van der Waals surface area (Å²) >= 11 is 0. The molecule has 0 bridgehead atoms. The zero-order chi connectivity index (χ0) is 20.1. The van der Waals surface area contributed by atoms with Crippen molar-refractivity contribution in [1.29, 1.82) is 0 Å². The number of hydrogen-bond donors (Lipinski definition) is 0. The van der Waals surface area contributed by atoms with Gasteiger partial charge in [-0.25, -0.2) is 0 Å². The Morgan fingerprint density at radius 1 is 1.14 bits per heavy atom. The Morgan fingerprint density at radius 2 is 1.93 bits per heavy atom. The summed E-state index contributed by atoms with van der Waals surface area (Å²) in [4.78, 5) is 0. The number of allylic oxidation sites excluding steroid dienone is 7. The average Bonchev–Trinajstić information content (AvgIpc) is 3.02.